The van der Waals surface area contributed by atoms with Crippen LogP contribution in [0.3, 0.4) is 0 Å². The summed E-state index contributed by atoms with van der Waals surface area (Å²) in [5.74, 6) is 0.924. The van der Waals surface area contributed by atoms with Gasteiger partial charge in [-0.1, -0.05) is 37.3 Å². The van der Waals surface area contributed by atoms with Gasteiger partial charge in [0.05, 0.1) is 35.9 Å². The maximum absolute atomic E-state index is 14.6. The lowest BCUT2D eigenvalue weighted by atomic mass is 10.1. The van der Waals surface area contributed by atoms with Crippen LogP contribution in [0.1, 0.15) is 36.8 Å². The lowest BCUT2D eigenvalue weighted by Crippen LogP contribution is -2.36. The number of benzene rings is 2. The van der Waals surface area contributed by atoms with Gasteiger partial charge in [0, 0.05) is 19.1 Å². The molecule has 0 saturated heterocycles. The standard InChI is InChI=1S/C29H32FN3O4/c1-2-27-25(18-32(21-14-15-21)17-23(34)19-35-20-24-11-8-16-36-24)29(37-28-13-7-6-12-26(28)30)33(31-27)22-9-4-3-5-10-22/h3-13,16,21,23,34H,2,14-15,17-20H2,1H3. The molecule has 194 valence electrons. The number of ether oxygens (including phenoxy) is 2. The van der Waals surface area contributed by atoms with Crippen LogP contribution >= 0.6 is 0 Å². The monoisotopic (exact) mass is 505 g/mol. The van der Waals surface area contributed by atoms with Gasteiger partial charge in [0.2, 0.25) is 5.88 Å². The first kappa shape index (κ1) is 25.2. The summed E-state index contributed by atoms with van der Waals surface area (Å²) < 4.78 is 33.5. The number of aliphatic hydroxyl groups is 1. The highest BCUT2D eigenvalue weighted by Gasteiger charge is 2.33. The highest BCUT2D eigenvalue weighted by atomic mass is 19.1. The molecule has 0 amide bonds. The van der Waals surface area contributed by atoms with Crippen molar-refractivity contribution < 1.29 is 23.4 Å². The SMILES string of the molecule is CCc1nn(-c2ccccc2)c(Oc2ccccc2F)c1CN(CC(O)COCc1ccco1)C1CC1. The number of furan rings is 1. The molecule has 37 heavy (non-hydrogen) atoms. The number of hydrogen-bond donors (Lipinski definition) is 1. The van der Waals surface area contributed by atoms with Crippen molar-refractivity contribution in [2.75, 3.05) is 13.2 Å². The van der Waals surface area contributed by atoms with Crippen LogP contribution in [0.5, 0.6) is 11.6 Å². The van der Waals surface area contributed by atoms with E-state index in [2.05, 4.69) is 4.90 Å². The first-order valence-electron chi connectivity index (χ1n) is 12.7. The summed E-state index contributed by atoms with van der Waals surface area (Å²) in [5, 5.41) is 15.6. The maximum Gasteiger partial charge on any atom is 0.227 e. The number of aromatic nitrogens is 2. The average molecular weight is 506 g/mol. The second kappa shape index (κ2) is 11.7. The van der Waals surface area contributed by atoms with Crippen LogP contribution in [-0.4, -0.2) is 45.1 Å². The van der Waals surface area contributed by atoms with E-state index in [-0.39, 0.29) is 12.4 Å². The Morgan fingerprint density at radius 1 is 1.11 bits per heavy atom. The molecule has 1 N–H and O–H groups in total. The van der Waals surface area contributed by atoms with Gasteiger partial charge in [0.1, 0.15) is 12.4 Å². The molecule has 0 bridgehead atoms. The molecule has 2 aromatic heterocycles. The van der Waals surface area contributed by atoms with Gasteiger partial charge < -0.3 is 19.0 Å². The van der Waals surface area contributed by atoms with Gasteiger partial charge in [-0.3, -0.25) is 4.90 Å². The van der Waals surface area contributed by atoms with Crippen molar-refractivity contribution in [1.82, 2.24) is 14.7 Å². The summed E-state index contributed by atoms with van der Waals surface area (Å²) in [7, 11) is 0. The van der Waals surface area contributed by atoms with Gasteiger partial charge in [-0.05, 0) is 55.7 Å². The quantitative estimate of drug-likeness (QED) is 0.259. The number of aliphatic hydroxyl groups excluding tert-OH is 1. The van der Waals surface area contributed by atoms with Crippen LogP contribution < -0.4 is 4.74 Å². The Morgan fingerprint density at radius 3 is 2.59 bits per heavy atom. The summed E-state index contributed by atoms with van der Waals surface area (Å²) in [6, 6.07) is 20.1. The van der Waals surface area contributed by atoms with E-state index >= 15 is 0 Å². The summed E-state index contributed by atoms with van der Waals surface area (Å²) in [6.45, 7) is 3.54. The van der Waals surface area contributed by atoms with Crippen LogP contribution in [-0.2, 0) is 24.3 Å². The molecule has 5 rings (SSSR count). The third-order valence-electron chi connectivity index (χ3n) is 6.40. The van der Waals surface area contributed by atoms with Gasteiger partial charge in [-0.25, -0.2) is 9.07 Å². The number of aryl methyl sites for hydroxylation is 1. The molecule has 4 aromatic rings. The third-order valence-corrected chi connectivity index (χ3v) is 6.40. The van der Waals surface area contributed by atoms with E-state index < -0.39 is 11.9 Å². The molecule has 0 spiro atoms. The molecular weight excluding hydrogens is 473 g/mol. The van der Waals surface area contributed by atoms with Crippen molar-refractivity contribution >= 4 is 0 Å². The van der Waals surface area contributed by atoms with E-state index in [1.165, 1.54) is 6.07 Å². The predicted molar refractivity (Wildman–Crippen MR) is 137 cm³/mol. The fourth-order valence-corrected chi connectivity index (χ4v) is 4.40. The zero-order chi connectivity index (χ0) is 25.6. The molecule has 2 aromatic carbocycles. The zero-order valence-electron chi connectivity index (χ0n) is 20.9. The molecule has 1 saturated carbocycles. The Labute approximate surface area is 216 Å². The molecule has 0 radical (unpaired) electrons. The molecule has 2 heterocycles. The Bertz CT molecular complexity index is 1270. The summed E-state index contributed by atoms with van der Waals surface area (Å²) in [6.07, 6.45) is 3.76. The Balaban J connectivity index is 1.39. The van der Waals surface area contributed by atoms with E-state index in [0.29, 0.717) is 38.0 Å². The molecule has 1 aliphatic rings. The zero-order valence-corrected chi connectivity index (χ0v) is 20.9. The topological polar surface area (TPSA) is 72.9 Å². The van der Waals surface area contributed by atoms with Crippen LogP contribution in [0, 0.1) is 5.82 Å². The van der Waals surface area contributed by atoms with Gasteiger partial charge in [0.15, 0.2) is 11.6 Å². The van der Waals surface area contributed by atoms with E-state index in [0.717, 1.165) is 35.5 Å². The number of halogens is 1. The second-order valence-electron chi connectivity index (χ2n) is 9.27. The largest absolute Gasteiger partial charge is 0.467 e. The normalized spacial score (nSPS) is 14.3. The molecule has 7 nitrogen and oxygen atoms in total. The smallest absolute Gasteiger partial charge is 0.227 e. The van der Waals surface area contributed by atoms with Crippen molar-refractivity contribution in [3.05, 3.63) is 95.8 Å². The lowest BCUT2D eigenvalue weighted by molar-refractivity contribution is 0.00234. The highest BCUT2D eigenvalue weighted by Crippen LogP contribution is 2.36. The first-order valence-corrected chi connectivity index (χ1v) is 12.7. The van der Waals surface area contributed by atoms with Crippen molar-refractivity contribution in [2.45, 2.75) is 51.5 Å². The van der Waals surface area contributed by atoms with E-state index in [9.17, 15) is 9.50 Å². The highest BCUT2D eigenvalue weighted by molar-refractivity contribution is 5.44. The Morgan fingerprint density at radius 2 is 1.89 bits per heavy atom. The fourth-order valence-electron chi connectivity index (χ4n) is 4.40. The van der Waals surface area contributed by atoms with Crippen molar-refractivity contribution in [2.24, 2.45) is 0 Å². The molecule has 1 atom stereocenters. The number of para-hydroxylation sites is 2. The summed E-state index contributed by atoms with van der Waals surface area (Å²) in [5.41, 5.74) is 2.61. The third kappa shape index (κ3) is 6.28. The van der Waals surface area contributed by atoms with Crippen LogP contribution in [0.4, 0.5) is 4.39 Å². The van der Waals surface area contributed by atoms with Crippen molar-refractivity contribution in [3.63, 3.8) is 0 Å². The molecule has 1 unspecified atom stereocenters. The molecule has 1 fully saturated rings. The van der Waals surface area contributed by atoms with Crippen molar-refractivity contribution in [1.29, 1.82) is 0 Å². The molecular formula is C29H32FN3O4. The van der Waals surface area contributed by atoms with E-state index in [4.69, 9.17) is 19.0 Å². The fraction of sp³-hybridized carbons (Fsp3) is 0.345. The van der Waals surface area contributed by atoms with Crippen LogP contribution in [0.15, 0.2) is 77.4 Å². The van der Waals surface area contributed by atoms with Crippen molar-refractivity contribution in [3.8, 4) is 17.3 Å². The van der Waals surface area contributed by atoms with Gasteiger partial charge in [0.25, 0.3) is 0 Å². The molecule has 8 heteroatoms. The maximum atomic E-state index is 14.6. The first-order chi connectivity index (χ1) is 18.1. The minimum Gasteiger partial charge on any atom is -0.467 e. The summed E-state index contributed by atoms with van der Waals surface area (Å²) >= 11 is 0. The number of nitrogens with zero attached hydrogens (tertiary/aromatic N) is 3. The predicted octanol–water partition coefficient (Wildman–Crippen LogP) is 5.50. The van der Waals surface area contributed by atoms with E-state index in [1.807, 2.05) is 49.4 Å². The number of hydrogen-bond acceptors (Lipinski definition) is 6. The minimum atomic E-state index is -0.666. The van der Waals surface area contributed by atoms with Crippen LogP contribution in [0.25, 0.3) is 5.69 Å². The Kier molecular flexibility index (Phi) is 7.99. The molecule has 0 aliphatic heterocycles. The van der Waals surface area contributed by atoms with Crippen LogP contribution in [0.2, 0.25) is 0 Å². The summed E-state index contributed by atoms with van der Waals surface area (Å²) in [4.78, 5) is 2.25. The lowest BCUT2D eigenvalue weighted by Gasteiger charge is -2.25. The average Bonchev–Trinajstić information content (AvgIpc) is 3.53. The van der Waals surface area contributed by atoms with E-state index in [1.54, 1.807) is 29.1 Å². The minimum absolute atomic E-state index is 0.146. The number of rotatable bonds is 13. The Hall–Kier alpha value is -3.46. The van der Waals surface area contributed by atoms with Gasteiger partial charge in [-0.2, -0.15) is 5.10 Å². The molecule has 1 aliphatic carbocycles. The van der Waals surface area contributed by atoms with Gasteiger partial charge >= 0.3 is 0 Å². The van der Waals surface area contributed by atoms with Gasteiger partial charge in [-0.15, -0.1) is 0 Å². The second-order valence-corrected chi connectivity index (χ2v) is 9.27.